The van der Waals surface area contributed by atoms with Crippen LogP contribution in [-0.4, -0.2) is 43.3 Å². The van der Waals surface area contributed by atoms with Gasteiger partial charge >= 0.3 is 5.97 Å². The van der Waals surface area contributed by atoms with Crippen molar-refractivity contribution >= 4 is 11.9 Å². The summed E-state index contributed by atoms with van der Waals surface area (Å²) in [6.45, 7) is 3.79. The number of hydrogen-bond acceptors (Lipinski definition) is 4. The summed E-state index contributed by atoms with van der Waals surface area (Å²) in [5, 5.41) is 11.4. The maximum atomic E-state index is 11.4. The molecule has 6 heteroatoms. The fourth-order valence-corrected chi connectivity index (χ4v) is 1.21. The highest BCUT2D eigenvalue weighted by Gasteiger charge is 2.23. The Morgan fingerprint density at radius 3 is 2.38 bits per heavy atom. The monoisotopic (exact) mass is 232 g/mol. The predicted octanol–water partition coefficient (Wildman–Crippen LogP) is -0.567. The Kier molecular flexibility index (Phi) is 6.67. The molecule has 0 aliphatic carbocycles. The molecule has 0 radical (unpaired) electrons. The SMILES string of the molecule is COCC(N)C(=O)NCC(C(=O)O)C(C)C. The molecule has 0 spiro atoms. The Morgan fingerprint density at radius 1 is 1.44 bits per heavy atom. The van der Waals surface area contributed by atoms with Gasteiger partial charge in [-0.05, 0) is 5.92 Å². The molecule has 0 heterocycles. The van der Waals surface area contributed by atoms with Crippen molar-refractivity contribution in [2.45, 2.75) is 19.9 Å². The molecule has 0 aromatic carbocycles. The number of rotatable bonds is 7. The van der Waals surface area contributed by atoms with Crippen molar-refractivity contribution in [3.8, 4) is 0 Å². The molecule has 0 bridgehead atoms. The molecule has 0 aromatic heterocycles. The molecule has 0 aliphatic rings. The van der Waals surface area contributed by atoms with E-state index in [0.29, 0.717) is 0 Å². The quantitative estimate of drug-likeness (QED) is 0.546. The summed E-state index contributed by atoms with van der Waals surface area (Å²) in [4.78, 5) is 22.2. The third kappa shape index (κ3) is 5.09. The smallest absolute Gasteiger partial charge is 0.308 e. The second-order valence-electron chi connectivity index (χ2n) is 4.00. The molecule has 6 nitrogen and oxygen atoms in total. The number of hydrogen-bond donors (Lipinski definition) is 3. The fourth-order valence-electron chi connectivity index (χ4n) is 1.21. The third-order valence-electron chi connectivity index (χ3n) is 2.30. The zero-order valence-electron chi connectivity index (χ0n) is 9.90. The van der Waals surface area contributed by atoms with Crippen molar-refractivity contribution in [3.63, 3.8) is 0 Å². The number of amides is 1. The van der Waals surface area contributed by atoms with Crippen molar-refractivity contribution in [2.75, 3.05) is 20.3 Å². The highest BCUT2D eigenvalue weighted by molar-refractivity contribution is 5.82. The zero-order valence-corrected chi connectivity index (χ0v) is 9.90. The van der Waals surface area contributed by atoms with Gasteiger partial charge in [0, 0.05) is 13.7 Å². The summed E-state index contributed by atoms with van der Waals surface area (Å²) < 4.78 is 4.72. The van der Waals surface area contributed by atoms with E-state index in [9.17, 15) is 9.59 Å². The van der Waals surface area contributed by atoms with Crippen LogP contribution < -0.4 is 11.1 Å². The van der Waals surface area contributed by atoms with E-state index in [-0.39, 0.29) is 19.1 Å². The van der Waals surface area contributed by atoms with E-state index >= 15 is 0 Å². The molecule has 94 valence electrons. The number of carboxylic acid groups (broad SMARTS) is 1. The van der Waals surface area contributed by atoms with Crippen LogP contribution in [0, 0.1) is 11.8 Å². The molecule has 0 saturated heterocycles. The summed E-state index contributed by atoms with van der Waals surface area (Å²) in [5.74, 6) is -1.96. The van der Waals surface area contributed by atoms with Gasteiger partial charge < -0.3 is 20.9 Å². The van der Waals surface area contributed by atoms with Crippen LogP contribution in [0.1, 0.15) is 13.8 Å². The number of carbonyl (C=O) groups is 2. The van der Waals surface area contributed by atoms with E-state index < -0.39 is 23.8 Å². The topological polar surface area (TPSA) is 102 Å². The van der Waals surface area contributed by atoms with Gasteiger partial charge in [0.25, 0.3) is 0 Å². The first-order valence-corrected chi connectivity index (χ1v) is 5.15. The number of ether oxygens (including phenoxy) is 1. The minimum Gasteiger partial charge on any atom is -0.481 e. The van der Waals surface area contributed by atoms with Crippen LogP contribution in [0.15, 0.2) is 0 Å². The van der Waals surface area contributed by atoms with Crippen LogP contribution in [-0.2, 0) is 14.3 Å². The summed E-state index contributed by atoms with van der Waals surface area (Å²) >= 11 is 0. The Hall–Kier alpha value is -1.14. The molecule has 16 heavy (non-hydrogen) atoms. The molecule has 0 aromatic rings. The first-order chi connectivity index (χ1) is 7.40. The lowest BCUT2D eigenvalue weighted by Crippen LogP contribution is -2.46. The van der Waals surface area contributed by atoms with Crippen LogP contribution >= 0.6 is 0 Å². The van der Waals surface area contributed by atoms with Crippen LogP contribution in [0.25, 0.3) is 0 Å². The molecule has 0 aliphatic heterocycles. The van der Waals surface area contributed by atoms with E-state index in [1.165, 1.54) is 7.11 Å². The third-order valence-corrected chi connectivity index (χ3v) is 2.30. The Labute approximate surface area is 95.1 Å². The minimum absolute atomic E-state index is 0.0450. The first-order valence-electron chi connectivity index (χ1n) is 5.15. The second-order valence-corrected chi connectivity index (χ2v) is 4.00. The van der Waals surface area contributed by atoms with E-state index in [4.69, 9.17) is 15.6 Å². The summed E-state index contributed by atoms with van der Waals surface area (Å²) in [6, 6.07) is -0.758. The largest absolute Gasteiger partial charge is 0.481 e. The van der Waals surface area contributed by atoms with Gasteiger partial charge in [-0.1, -0.05) is 13.8 Å². The molecular weight excluding hydrogens is 212 g/mol. The van der Waals surface area contributed by atoms with Crippen molar-refractivity contribution in [1.29, 1.82) is 0 Å². The average molecular weight is 232 g/mol. The number of nitrogens with two attached hydrogens (primary N) is 1. The highest BCUT2D eigenvalue weighted by atomic mass is 16.5. The highest BCUT2D eigenvalue weighted by Crippen LogP contribution is 2.09. The zero-order chi connectivity index (χ0) is 12.7. The van der Waals surface area contributed by atoms with Gasteiger partial charge in [0.2, 0.25) is 5.91 Å². The number of aliphatic carboxylic acids is 1. The van der Waals surface area contributed by atoms with Gasteiger partial charge in [0.15, 0.2) is 0 Å². The molecular formula is C10H20N2O4. The Balaban J connectivity index is 4.11. The number of methoxy groups -OCH3 is 1. The van der Waals surface area contributed by atoms with Crippen LogP contribution in [0.2, 0.25) is 0 Å². The van der Waals surface area contributed by atoms with Gasteiger partial charge in [0.05, 0.1) is 12.5 Å². The van der Waals surface area contributed by atoms with Crippen molar-refractivity contribution < 1.29 is 19.4 Å². The van der Waals surface area contributed by atoms with Gasteiger partial charge in [-0.25, -0.2) is 0 Å². The summed E-state index contributed by atoms with van der Waals surface area (Å²) in [6.07, 6.45) is 0. The Bertz CT molecular complexity index is 243. The van der Waals surface area contributed by atoms with E-state index in [1.807, 2.05) is 0 Å². The number of nitrogens with one attached hydrogen (secondary N) is 1. The number of carbonyl (C=O) groups excluding carboxylic acids is 1. The van der Waals surface area contributed by atoms with Gasteiger partial charge in [-0.15, -0.1) is 0 Å². The Morgan fingerprint density at radius 2 is 2.00 bits per heavy atom. The van der Waals surface area contributed by atoms with Crippen molar-refractivity contribution in [3.05, 3.63) is 0 Å². The maximum absolute atomic E-state index is 11.4. The van der Waals surface area contributed by atoms with Gasteiger partial charge in [-0.3, -0.25) is 9.59 Å². The minimum atomic E-state index is -0.921. The lowest BCUT2D eigenvalue weighted by Gasteiger charge is -2.18. The number of carboxylic acids is 1. The molecule has 2 unspecified atom stereocenters. The maximum Gasteiger partial charge on any atom is 0.308 e. The molecule has 0 saturated carbocycles. The van der Waals surface area contributed by atoms with Gasteiger partial charge in [0.1, 0.15) is 6.04 Å². The average Bonchev–Trinajstić information content (AvgIpc) is 2.16. The lowest BCUT2D eigenvalue weighted by atomic mass is 9.96. The first kappa shape index (κ1) is 14.9. The normalized spacial score (nSPS) is 14.6. The predicted molar refractivity (Wildman–Crippen MR) is 58.8 cm³/mol. The summed E-state index contributed by atoms with van der Waals surface area (Å²) in [5.41, 5.74) is 5.48. The second kappa shape index (κ2) is 7.19. The molecule has 2 atom stereocenters. The molecule has 1 amide bonds. The van der Waals surface area contributed by atoms with E-state index in [2.05, 4.69) is 5.32 Å². The van der Waals surface area contributed by atoms with E-state index in [1.54, 1.807) is 13.8 Å². The molecule has 4 N–H and O–H groups in total. The van der Waals surface area contributed by atoms with Gasteiger partial charge in [-0.2, -0.15) is 0 Å². The van der Waals surface area contributed by atoms with Crippen molar-refractivity contribution in [1.82, 2.24) is 5.32 Å². The molecule has 0 rings (SSSR count). The lowest BCUT2D eigenvalue weighted by molar-refractivity contribution is -0.143. The van der Waals surface area contributed by atoms with Crippen molar-refractivity contribution in [2.24, 2.45) is 17.6 Å². The van der Waals surface area contributed by atoms with E-state index in [0.717, 1.165) is 0 Å². The fraction of sp³-hybridized carbons (Fsp3) is 0.800. The van der Waals surface area contributed by atoms with Crippen LogP contribution in [0.3, 0.4) is 0 Å². The van der Waals surface area contributed by atoms with Crippen LogP contribution in [0.5, 0.6) is 0 Å². The molecule has 0 fully saturated rings. The standard InChI is InChI=1S/C10H20N2O4/c1-6(2)7(10(14)15)4-12-9(13)8(11)5-16-3/h6-8H,4-5,11H2,1-3H3,(H,12,13)(H,14,15). The summed E-state index contributed by atoms with van der Waals surface area (Å²) in [7, 11) is 1.45. The van der Waals surface area contributed by atoms with Crippen LogP contribution in [0.4, 0.5) is 0 Å².